The van der Waals surface area contributed by atoms with Gasteiger partial charge in [0.15, 0.2) is 12.6 Å². The Morgan fingerprint density at radius 1 is 1.10 bits per heavy atom. The van der Waals surface area contributed by atoms with Crippen LogP contribution in [0.4, 0.5) is 0 Å². The average Bonchev–Trinajstić information content (AvgIpc) is 3.92. The Morgan fingerprint density at radius 2 is 1.82 bits per heavy atom. The van der Waals surface area contributed by atoms with Gasteiger partial charge in [0.2, 0.25) is 16.7 Å². The molecule has 3 N–H and O–H groups in total. The number of likely N-dealkylation sites (N-methyl/N-ethyl adjacent to an activating group) is 1. The molecule has 0 unspecified atom stereocenters. The number of pyridine rings is 1. The first-order chi connectivity index (χ1) is 32.5. The van der Waals surface area contributed by atoms with Crippen molar-refractivity contribution in [3.05, 3.63) is 93.5 Å². The molecule has 2 aromatic heterocycles. The minimum Gasteiger partial charge on any atom is -0.508 e. The van der Waals surface area contributed by atoms with Gasteiger partial charge in [-0.2, -0.15) is 5.43 Å². The molecule has 0 saturated carbocycles. The number of aromatic nitrogens is 2. The number of hydrogen-bond donors (Lipinski definition) is 3. The molecule has 5 heterocycles. The van der Waals surface area contributed by atoms with Crippen LogP contribution in [-0.2, 0) is 61.3 Å². The van der Waals surface area contributed by atoms with Crippen molar-refractivity contribution in [3.8, 4) is 28.1 Å². The Labute approximate surface area is 397 Å². The van der Waals surface area contributed by atoms with Crippen LogP contribution in [0.25, 0.3) is 33.3 Å². The lowest BCUT2D eigenvalue weighted by Gasteiger charge is -2.33. The zero-order valence-corrected chi connectivity index (χ0v) is 40.6. The molecule has 18 nitrogen and oxygen atoms in total. The third-order valence-corrected chi connectivity index (χ3v) is 13.3. The number of nitroso groups, excluding NO2 is 1. The summed E-state index contributed by atoms with van der Waals surface area (Å²) in [6.07, 6.45) is 5.70. The Bertz CT molecular complexity index is 2550. The molecule has 2 saturated heterocycles. The van der Waals surface area contributed by atoms with Crippen molar-refractivity contribution in [1.82, 2.24) is 35.2 Å². The van der Waals surface area contributed by atoms with Crippen LogP contribution >= 0.6 is 0 Å². The number of hydrazine groups is 2. The molecule has 4 aromatic rings. The highest BCUT2D eigenvalue weighted by molar-refractivity contribution is 5.96. The highest BCUT2D eigenvalue weighted by Gasteiger charge is 2.45. The first-order valence-electron chi connectivity index (χ1n) is 23.5. The number of rotatable bonds is 13. The van der Waals surface area contributed by atoms with E-state index in [0.29, 0.717) is 68.0 Å². The zero-order valence-electron chi connectivity index (χ0n) is 40.6. The minimum atomic E-state index is -1.19. The number of aromatic hydroxyl groups is 1. The smallest absolute Gasteiger partial charge is 0.326 e. The van der Waals surface area contributed by atoms with Gasteiger partial charge in [-0.1, -0.05) is 46.4 Å². The highest BCUT2D eigenvalue weighted by atomic mass is 16.8. The number of hydrogen-bond acceptors (Lipinski definition) is 11. The summed E-state index contributed by atoms with van der Waals surface area (Å²) in [6, 6.07) is 8.60. The molecule has 4 atom stereocenters. The van der Waals surface area contributed by atoms with E-state index in [0.717, 1.165) is 49.3 Å². The van der Waals surface area contributed by atoms with Gasteiger partial charge in [0.25, 0.3) is 11.9 Å². The van der Waals surface area contributed by atoms with Crippen LogP contribution in [0.3, 0.4) is 0 Å². The number of likely N-dealkylation sites (tertiary alicyclic amines) is 1. The van der Waals surface area contributed by atoms with Gasteiger partial charge >= 0.3 is 6.17 Å². The molecule has 2 aromatic carbocycles. The summed E-state index contributed by atoms with van der Waals surface area (Å²) < 4.78 is 13.7. The molecule has 18 heteroatoms. The van der Waals surface area contributed by atoms with Crippen LogP contribution in [0.2, 0.25) is 0 Å². The van der Waals surface area contributed by atoms with E-state index in [-0.39, 0.29) is 43.7 Å². The van der Waals surface area contributed by atoms with E-state index >= 15 is 0 Å². The predicted octanol–water partition coefficient (Wildman–Crippen LogP) is 5.60. The maximum Gasteiger partial charge on any atom is 0.326 e. The molecular formula is C50H67N9O9+2. The van der Waals surface area contributed by atoms with Crippen molar-refractivity contribution in [3.63, 3.8) is 0 Å². The Morgan fingerprint density at radius 3 is 2.49 bits per heavy atom. The van der Waals surface area contributed by atoms with Crippen LogP contribution in [0.15, 0.2) is 61.4 Å². The van der Waals surface area contributed by atoms with E-state index in [1.807, 2.05) is 38.4 Å². The molecule has 0 spiro atoms. The number of nitrogens with one attached hydrogen (secondary N) is 2. The lowest BCUT2D eigenvalue weighted by atomic mass is 9.83. The van der Waals surface area contributed by atoms with Crippen molar-refractivity contribution >= 4 is 28.6 Å². The van der Waals surface area contributed by atoms with Crippen molar-refractivity contribution in [2.45, 2.75) is 111 Å². The SMILES string of the molecule is C=CC(=O)N1CC[C@H]([N+](=O)N(C)[C@H](C(=O)N[C@H]2Cc3cc(O)cc(c3)-c3ccc4c(c3)c(c(-c3c(COC)cncc3COC)n4CC)CC(C)(C)CO[N+](=O)[C@@H]3CCCN(N3)C2=O)C(C)C)C1. The third kappa shape index (κ3) is 10.4. The summed E-state index contributed by atoms with van der Waals surface area (Å²) in [7, 11) is 4.85. The van der Waals surface area contributed by atoms with E-state index in [1.165, 1.54) is 23.1 Å². The number of phenolic OH excluding ortho intramolecular Hbond substituents is 1. The number of carbonyl (C=O) groups is 3. The van der Waals surface area contributed by atoms with Crippen molar-refractivity contribution in [2.75, 3.05) is 47.5 Å². The number of amides is 3. The molecule has 6 bridgehead atoms. The number of nitrogens with zero attached hydrogens (tertiary/aromatic N) is 7. The second-order valence-electron chi connectivity index (χ2n) is 19.3. The van der Waals surface area contributed by atoms with E-state index in [4.69, 9.17) is 14.3 Å². The zero-order chi connectivity index (χ0) is 49.0. The van der Waals surface area contributed by atoms with Gasteiger partial charge in [-0.3, -0.25) is 24.4 Å². The van der Waals surface area contributed by atoms with E-state index in [1.54, 1.807) is 31.3 Å². The van der Waals surface area contributed by atoms with Crippen LogP contribution in [0.5, 0.6) is 5.75 Å². The standard InChI is InChI=1S/C50H65N9O9/c1-10-44(61)55-18-16-37(27-55)58(64)54(7)46(31(3)4)48(62)52-41-21-32-19-34(22-38(60)20-32)33-14-15-42-39(23-33)40(24-50(5,6)30-68-59(65)43-13-12-17-57(53-43)49(41)63)47(56(42)11-2)45-35(28-66-8)25-51-26-36(45)29-67-9/h10,14-15,19-20,22-23,25-26,31,37,41,43,46,53H,1,11-13,16-18,21,24,27-30H2,2-9H3/p+2/t37-,41-,43+,46-/m0/s1. The van der Waals surface area contributed by atoms with Crippen molar-refractivity contribution in [2.24, 2.45) is 11.3 Å². The van der Waals surface area contributed by atoms with Gasteiger partial charge in [-0.15, -0.1) is 5.01 Å². The number of phenols is 1. The highest BCUT2D eigenvalue weighted by Crippen LogP contribution is 2.43. The lowest BCUT2D eigenvalue weighted by molar-refractivity contribution is -0.835. The van der Waals surface area contributed by atoms with E-state index in [2.05, 4.69) is 59.8 Å². The van der Waals surface area contributed by atoms with Gasteiger partial charge in [-0.25, -0.2) is 4.84 Å². The topological polar surface area (TPSA) is 191 Å². The Kier molecular flexibility index (Phi) is 15.3. The Balaban J connectivity index is 1.33. The maximum absolute atomic E-state index is 14.7. The van der Waals surface area contributed by atoms with E-state index in [9.17, 15) is 29.3 Å². The van der Waals surface area contributed by atoms with Crippen LogP contribution in [0, 0.1) is 21.1 Å². The first-order valence-corrected chi connectivity index (χ1v) is 23.5. The molecular weight excluding hydrogens is 871 g/mol. The van der Waals surface area contributed by atoms with Gasteiger partial charge in [-0.05, 0) is 78.3 Å². The summed E-state index contributed by atoms with van der Waals surface area (Å²) in [4.78, 5) is 82.8. The molecule has 3 aliphatic rings. The van der Waals surface area contributed by atoms with Crippen LogP contribution in [0.1, 0.15) is 76.1 Å². The quantitative estimate of drug-likeness (QED) is 0.0857. The summed E-state index contributed by atoms with van der Waals surface area (Å²) >= 11 is 0. The number of benzene rings is 2. The first kappa shape index (κ1) is 49.7. The normalized spacial score (nSPS) is 20.2. The molecule has 7 rings (SSSR count). The summed E-state index contributed by atoms with van der Waals surface area (Å²) in [5, 5.41) is 18.0. The predicted molar refractivity (Wildman–Crippen MR) is 255 cm³/mol. The molecule has 0 aliphatic carbocycles. The molecule has 364 valence electrons. The second-order valence-corrected chi connectivity index (χ2v) is 19.3. The molecule has 3 aliphatic heterocycles. The molecule has 2 fully saturated rings. The number of aryl methyl sites for hydroxylation is 1. The number of fused-ring (bicyclic) bond motifs is 6. The second kappa shape index (κ2) is 21.0. The fourth-order valence-electron chi connectivity index (χ4n) is 10.1. The largest absolute Gasteiger partial charge is 0.508 e. The number of ether oxygens (including phenoxy) is 2. The Hall–Kier alpha value is -6.24. The third-order valence-electron chi connectivity index (χ3n) is 13.3. The van der Waals surface area contributed by atoms with Crippen molar-refractivity contribution < 1.29 is 43.6 Å². The average molecular weight is 938 g/mol. The summed E-state index contributed by atoms with van der Waals surface area (Å²) in [5.74, 6) is -1.73. The van der Waals surface area contributed by atoms with Gasteiger partial charge < -0.3 is 29.4 Å². The van der Waals surface area contributed by atoms with Gasteiger partial charge in [0.1, 0.15) is 16.7 Å². The number of methoxy groups -OCH3 is 2. The van der Waals surface area contributed by atoms with E-state index < -0.39 is 41.5 Å². The van der Waals surface area contributed by atoms with Gasteiger partial charge in [0, 0.05) is 98.5 Å². The fourth-order valence-corrected chi connectivity index (χ4v) is 10.1. The van der Waals surface area contributed by atoms with Crippen LogP contribution in [-0.4, -0.2) is 129 Å². The number of carbonyl (C=O) groups excluding carboxylic acids is 3. The van der Waals surface area contributed by atoms with Gasteiger partial charge in [0.05, 0.1) is 42.3 Å². The lowest BCUT2D eigenvalue weighted by Crippen LogP contribution is -2.62. The minimum absolute atomic E-state index is 0.0273. The summed E-state index contributed by atoms with van der Waals surface area (Å²) in [5.41, 5.74) is 10.3. The fraction of sp³-hybridized carbons (Fsp3) is 0.520. The molecule has 3 amide bonds. The summed E-state index contributed by atoms with van der Waals surface area (Å²) in [6.45, 7) is 15.5. The van der Waals surface area contributed by atoms with Crippen molar-refractivity contribution in [1.29, 1.82) is 0 Å². The molecule has 0 radical (unpaired) electrons. The monoisotopic (exact) mass is 938 g/mol. The maximum atomic E-state index is 14.7. The van der Waals surface area contributed by atoms with Crippen LogP contribution < -0.4 is 10.7 Å². The molecule has 68 heavy (non-hydrogen) atoms.